The molecule has 4 nitrogen and oxygen atoms in total. The van der Waals surface area contributed by atoms with E-state index in [1.54, 1.807) is 18.2 Å². The van der Waals surface area contributed by atoms with Gasteiger partial charge >= 0.3 is 5.97 Å². The molecule has 1 amide bonds. The van der Waals surface area contributed by atoms with Crippen molar-refractivity contribution in [1.29, 1.82) is 0 Å². The van der Waals surface area contributed by atoms with E-state index in [0.717, 1.165) is 0 Å². The maximum atomic E-state index is 12.0. The van der Waals surface area contributed by atoms with Gasteiger partial charge in [0.15, 0.2) is 0 Å². The third kappa shape index (κ3) is 4.86. The molecule has 0 fully saturated rings. The second-order valence-corrected chi connectivity index (χ2v) is 6.06. The van der Waals surface area contributed by atoms with Gasteiger partial charge in [-0.05, 0) is 41.5 Å². The van der Waals surface area contributed by atoms with E-state index >= 15 is 0 Å². The van der Waals surface area contributed by atoms with E-state index in [4.69, 9.17) is 39.9 Å². The highest BCUT2D eigenvalue weighted by atomic mass is 35.5. The molecule has 0 aliphatic rings. The van der Waals surface area contributed by atoms with E-state index in [9.17, 15) is 9.59 Å². The molecule has 2 rings (SSSR count). The van der Waals surface area contributed by atoms with Gasteiger partial charge in [-0.25, -0.2) is 4.79 Å². The van der Waals surface area contributed by atoms with Gasteiger partial charge in [0, 0.05) is 11.6 Å². The molecule has 0 atom stereocenters. The van der Waals surface area contributed by atoms with Crippen molar-refractivity contribution in [3.05, 3.63) is 68.2 Å². The standard InChI is InChI=1S/C16H12Cl3NO3/c17-11-2-3-12(16(22)23)10(7-11)8-20-15(21)6-9-1-4-13(18)14(19)5-9/h1-5,7H,6,8H2,(H,20,21)(H,22,23). The van der Waals surface area contributed by atoms with Crippen molar-refractivity contribution in [2.45, 2.75) is 13.0 Å². The van der Waals surface area contributed by atoms with Crippen LogP contribution in [-0.2, 0) is 17.8 Å². The van der Waals surface area contributed by atoms with Crippen molar-refractivity contribution in [1.82, 2.24) is 5.32 Å². The number of nitrogens with one attached hydrogen (secondary N) is 1. The average molecular weight is 373 g/mol. The summed E-state index contributed by atoms with van der Waals surface area (Å²) in [6.07, 6.45) is 0.111. The number of benzene rings is 2. The Morgan fingerprint density at radius 3 is 2.39 bits per heavy atom. The van der Waals surface area contributed by atoms with Gasteiger partial charge in [-0.15, -0.1) is 0 Å². The lowest BCUT2D eigenvalue weighted by Crippen LogP contribution is -2.25. The topological polar surface area (TPSA) is 66.4 Å². The summed E-state index contributed by atoms with van der Waals surface area (Å²) in [6.45, 7) is 0.0718. The van der Waals surface area contributed by atoms with Crippen molar-refractivity contribution in [3.63, 3.8) is 0 Å². The number of aromatic carboxylic acids is 1. The smallest absolute Gasteiger partial charge is 0.336 e. The summed E-state index contributed by atoms with van der Waals surface area (Å²) in [5.74, 6) is -1.34. The minimum absolute atomic E-state index is 0.0718. The Labute approximate surface area is 148 Å². The van der Waals surface area contributed by atoms with E-state index in [1.165, 1.54) is 18.2 Å². The number of rotatable bonds is 5. The van der Waals surface area contributed by atoms with Crippen LogP contribution in [0.5, 0.6) is 0 Å². The Kier molecular flexibility index (Phi) is 5.88. The van der Waals surface area contributed by atoms with Gasteiger partial charge in [-0.1, -0.05) is 40.9 Å². The van der Waals surface area contributed by atoms with Crippen LogP contribution in [-0.4, -0.2) is 17.0 Å². The van der Waals surface area contributed by atoms with E-state index < -0.39 is 5.97 Å². The minimum atomic E-state index is -1.07. The fourth-order valence-electron chi connectivity index (χ4n) is 2.01. The van der Waals surface area contributed by atoms with Crippen LogP contribution in [0.1, 0.15) is 21.5 Å². The lowest BCUT2D eigenvalue weighted by molar-refractivity contribution is -0.120. The largest absolute Gasteiger partial charge is 0.478 e. The second-order valence-electron chi connectivity index (χ2n) is 4.81. The van der Waals surface area contributed by atoms with Crippen LogP contribution in [0.3, 0.4) is 0 Å². The summed E-state index contributed by atoms with van der Waals surface area (Å²) in [5, 5.41) is 13.0. The van der Waals surface area contributed by atoms with E-state index in [0.29, 0.717) is 26.2 Å². The number of carboxylic acid groups (broad SMARTS) is 1. The molecule has 120 valence electrons. The number of hydrogen-bond donors (Lipinski definition) is 2. The molecule has 0 aromatic heterocycles. The highest BCUT2D eigenvalue weighted by Gasteiger charge is 2.12. The van der Waals surface area contributed by atoms with Gasteiger partial charge in [0.1, 0.15) is 0 Å². The molecule has 0 aliphatic carbocycles. The number of amides is 1. The number of halogens is 3. The van der Waals surface area contributed by atoms with Gasteiger partial charge in [-0.3, -0.25) is 4.79 Å². The zero-order valence-electron chi connectivity index (χ0n) is 11.8. The molecule has 0 heterocycles. The van der Waals surface area contributed by atoms with E-state index in [1.807, 2.05) is 0 Å². The van der Waals surface area contributed by atoms with Crippen molar-refractivity contribution < 1.29 is 14.7 Å². The molecule has 7 heteroatoms. The van der Waals surface area contributed by atoms with Crippen molar-refractivity contribution in [2.24, 2.45) is 0 Å². The van der Waals surface area contributed by atoms with Gasteiger partial charge in [0.05, 0.1) is 22.0 Å². The summed E-state index contributed by atoms with van der Waals surface area (Å²) in [5.41, 5.74) is 1.25. The maximum absolute atomic E-state index is 12.0. The highest BCUT2D eigenvalue weighted by Crippen LogP contribution is 2.22. The quantitative estimate of drug-likeness (QED) is 0.826. The first-order valence-corrected chi connectivity index (χ1v) is 7.72. The summed E-state index contributed by atoms with van der Waals surface area (Å²) in [6, 6.07) is 9.36. The lowest BCUT2D eigenvalue weighted by Gasteiger charge is -2.09. The van der Waals surface area contributed by atoms with E-state index in [2.05, 4.69) is 5.32 Å². The molecule has 0 bridgehead atoms. The first kappa shape index (κ1) is 17.6. The molecule has 2 N–H and O–H groups in total. The zero-order chi connectivity index (χ0) is 17.0. The number of hydrogen-bond acceptors (Lipinski definition) is 2. The van der Waals surface area contributed by atoms with Crippen LogP contribution in [0.25, 0.3) is 0 Å². The summed E-state index contributed by atoms with van der Waals surface area (Å²) >= 11 is 17.6. The molecule has 0 saturated heterocycles. The molecule has 0 spiro atoms. The molecule has 0 saturated carbocycles. The SMILES string of the molecule is O=C(Cc1ccc(Cl)c(Cl)c1)NCc1cc(Cl)ccc1C(=O)O. The number of carbonyl (C=O) groups excluding carboxylic acids is 1. The predicted molar refractivity (Wildman–Crippen MR) is 90.4 cm³/mol. The van der Waals surface area contributed by atoms with Crippen LogP contribution in [0.2, 0.25) is 15.1 Å². The fraction of sp³-hybridized carbons (Fsp3) is 0.125. The van der Waals surface area contributed by atoms with Crippen LogP contribution >= 0.6 is 34.8 Å². The normalized spacial score (nSPS) is 10.4. The summed E-state index contributed by atoms with van der Waals surface area (Å²) in [4.78, 5) is 23.1. The Morgan fingerprint density at radius 2 is 1.74 bits per heavy atom. The Balaban J connectivity index is 2.03. The Bertz CT molecular complexity index is 762. The summed E-state index contributed by atoms with van der Waals surface area (Å²) < 4.78 is 0. The van der Waals surface area contributed by atoms with Crippen LogP contribution in [0.15, 0.2) is 36.4 Å². The van der Waals surface area contributed by atoms with Crippen LogP contribution in [0, 0.1) is 0 Å². The third-order valence-corrected chi connectivity index (χ3v) is 4.10. The molecular formula is C16H12Cl3NO3. The average Bonchev–Trinajstić information content (AvgIpc) is 2.48. The van der Waals surface area contributed by atoms with E-state index in [-0.39, 0.29) is 24.4 Å². The predicted octanol–water partition coefficient (Wildman–Crippen LogP) is 4.20. The van der Waals surface area contributed by atoms with Gasteiger partial charge in [0.25, 0.3) is 0 Å². The molecule has 2 aromatic rings. The monoisotopic (exact) mass is 371 g/mol. The Morgan fingerprint density at radius 1 is 1.00 bits per heavy atom. The third-order valence-electron chi connectivity index (χ3n) is 3.12. The molecule has 2 aromatic carbocycles. The van der Waals surface area contributed by atoms with Gasteiger partial charge in [0.2, 0.25) is 5.91 Å². The maximum Gasteiger partial charge on any atom is 0.336 e. The van der Waals surface area contributed by atoms with Crippen molar-refractivity contribution >= 4 is 46.7 Å². The first-order valence-electron chi connectivity index (χ1n) is 6.59. The molecular weight excluding hydrogens is 361 g/mol. The van der Waals surface area contributed by atoms with Gasteiger partial charge in [-0.2, -0.15) is 0 Å². The fourth-order valence-corrected chi connectivity index (χ4v) is 2.52. The highest BCUT2D eigenvalue weighted by molar-refractivity contribution is 6.42. The van der Waals surface area contributed by atoms with Crippen LogP contribution in [0.4, 0.5) is 0 Å². The zero-order valence-corrected chi connectivity index (χ0v) is 14.0. The van der Waals surface area contributed by atoms with Crippen molar-refractivity contribution in [3.8, 4) is 0 Å². The van der Waals surface area contributed by atoms with Gasteiger partial charge < -0.3 is 10.4 Å². The molecule has 0 unspecified atom stereocenters. The van der Waals surface area contributed by atoms with Crippen LogP contribution < -0.4 is 5.32 Å². The Hall–Kier alpha value is -1.75. The first-order chi connectivity index (χ1) is 10.9. The molecule has 0 aliphatic heterocycles. The molecule has 23 heavy (non-hydrogen) atoms. The number of carboxylic acids is 1. The number of carbonyl (C=O) groups is 2. The second kappa shape index (κ2) is 7.68. The molecule has 0 radical (unpaired) electrons. The van der Waals surface area contributed by atoms with Crippen molar-refractivity contribution in [2.75, 3.05) is 0 Å². The lowest BCUT2D eigenvalue weighted by atomic mass is 10.1. The minimum Gasteiger partial charge on any atom is -0.478 e. The summed E-state index contributed by atoms with van der Waals surface area (Å²) in [7, 11) is 0.